The second-order valence-electron chi connectivity index (χ2n) is 4.60. The van der Waals surface area contributed by atoms with Crippen molar-refractivity contribution in [1.82, 2.24) is 4.98 Å². The molecule has 1 aromatic heterocycles. The van der Waals surface area contributed by atoms with Gasteiger partial charge in [-0.2, -0.15) is 5.26 Å². The molecule has 2 aromatic rings. The van der Waals surface area contributed by atoms with Gasteiger partial charge >= 0.3 is 0 Å². The zero-order valence-corrected chi connectivity index (χ0v) is 13.2. The summed E-state index contributed by atoms with van der Waals surface area (Å²) < 4.78 is 0. The molecule has 0 amide bonds. The summed E-state index contributed by atoms with van der Waals surface area (Å²) in [6.07, 6.45) is 1.46. The number of hydrogen-bond donors (Lipinski definition) is 0. The fourth-order valence-electron chi connectivity index (χ4n) is 1.90. The van der Waals surface area contributed by atoms with Gasteiger partial charge in [0.15, 0.2) is 11.7 Å². The Labute approximate surface area is 132 Å². The summed E-state index contributed by atoms with van der Waals surface area (Å²) in [5, 5.41) is 12.2. The van der Waals surface area contributed by atoms with Crippen molar-refractivity contribution in [2.24, 2.45) is 0 Å². The first-order valence-corrected chi connectivity index (χ1v) is 7.57. The van der Waals surface area contributed by atoms with Crippen molar-refractivity contribution in [3.05, 3.63) is 57.0 Å². The van der Waals surface area contributed by atoms with Gasteiger partial charge in [-0.05, 0) is 37.1 Å². The first-order valence-electron chi connectivity index (χ1n) is 6.31. The van der Waals surface area contributed by atoms with Crippen LogP contribution in [-0.2, 0) is 4.79 Å². The van der Waals surface area contributed by atoms with E-state index in [1.54, 1.807) is 13.0 Å². The summed E-state index contributed by atoms with van der Waals surface area (Å²) in [5.74, 6) is -1.13. The molecule has 2 rings (SSSR count). The first-order chi connectivity index (χ1) is 10.0. The number of aromatic nitrogens is 1. The van der Waals surface area contributed by atoms with Gasteiger partial charge in [0.25, 0.3) is 0 Å². The van der Waals surface area contributed by atoms with Gasteiger partial charge in [0.05, 0.1) is 6.07 Å². The van der Waals surface area contributed by atoms with Gasteiger partial charge in [-0.1, -0.05) is 29.8 Å². The van der Waals surface area contributed by atoms with Crippen LogP contribution in [0.25, 0.3) is 5.57 Å². The minimum atomic E-state index is -0.860. The molecule has 1 aromatic carbocycles. The van der Waals surface area contributed by atoms with Gasteiger partial charge in [0.1, 0.15) is 5.01 Å². The second-order valence-corrected chi connectivity index (χ2v) is 5.90. The zero-order valence-electron chi connectivity index (χ0n) is 11.6. The predicted molar refractivity (Wildman–Crippen MR) is 85.3 cm³/mol. The smallest absolute Gasteiger partial charge is 0.180 e. The number of hydrogen-bond acceptors (Lipinski definition) is 4. The van der Waals surface area contributed by atoms with E-state index in [9.17, 15) is 10.1 Å². The number of ketones is 1. The maximum Gasteiger partial charge on any atom is 0.180 e. The van der Waals surface area contributed by atoms with E-state index in [-0.39, 0.29) is 5.78 Å². The third-order valence-corrected chi connectivity index (χ3v) is 4.31. The Balaban J connectivity index is 2.29. The van der Waals surface area contributed by atoms with Gasteiger partial charge < -0.3 is 0 Å². The normalized spacial score (nSPS) is 12.8. The molecule has 0 N–H and O–H groups in total. The average Bonchev–Trinajstić information content (AvgIpc) is 2.86. The van der Waals surface area contributed by atoms with E-state index >= 15 is 0 Å². The molecule has 106 valence electrons. The number of carbonyl (C=O) groups is 1. The van der Waals surface area contributed by atoms with Crippen LogP contribution in [0.2, 0.25) is 5.02 Å². The Morgan fingerprint density at radius 3 is 2.76 bits per heavy atom. The molecule has 0 aliphatic heterocycles. The van der Waals surface area contributed by atoms with E-state index in [0.717, 1.165) is 16.8 Å². The van der Waals surface area contributed by atoms with Crippen LogP contribution in [0.3, 0.4) is 0 Å². The minimum Gasteiger partial charge on any atom is -0.293 e. The van der Waals surface area contributed by atoms with Crippen molar-refractivity contribution in [2.75, 3.05) is 0 Å². The molecule has 0 spiro atoms. The summed E-state index contributed by atoms with van der Waals surface area (Å²) in [7, 11) is 0. The van der Waals surface area contributed by atoms with Crippen LogP contribution >= 0.6 is 22.9 Å². The lowest BCUT2D eigenvalue weighted by atomic mass is 10.0. The fraction of sp³-hybridized carbons (Fsp3) is 0.188. The molecule has 0 fully saturated rings. The predicted octanol–water partition coefficient (Wildman–Crippen LogP) is 4.38. The van der Waals surface area contributed by atoms with E-state index in [0.29, 0.717) is 10.0 Å². The highest BCUT2D eigenvalue weighted by atomic mass is 35.5. The van der Waals surface area contributed by atoms with Crippen LogP contribution in [0.1, 0.15) is 29.1 Å². The zero-order chi connectivity index (χ0) is 15.4. The third kappa shape index (κ3) is 3.57. The molecule has 0 aliphatic carbocycles. The van der Waals surface area contributed by atoms with Crippen molar-refractivity contribution >= 4 is 34.3 Å². The first kappa shape index (κ1) is 15.4. The van der Waals surface area contributed by atoms with Crippen molar-refractivity contribution in [3.8, 4) is 6.07 Å². The number of halogens is 1. The highest BCUT2D eigenvalue weighted by Crippen LogP contribution is 2.26. The standard InChI is InChI=1S/C16H13ClN2OS/c1-10(12-5-3-4-6-14(12)17)7-15(20)13(8-18)16-19-11(2)9-21-16/h3-7,9,13H,1-2H3/b10-7-/t13-/m1/s1. The lowest BCUT2D eigenvalue weighted by Gasteiger charge is -2.06. The third-order valence-electron chi connectivity index (χ3n) is 2.95. The van der Waals surface area contributed by atoms with Gasteiger partial charge in [-0.15, -0.1) is 11.3 Å². The topological polar surface area (TPSA) is 53.8 Å². The Hall–Kier alpha value is -1.96. The highest BCUT2D eigenvalue weighted by molar-refractivity contribution is 7.10. The molecule has 0 unspecified atom stereocenters. The van der Waals surface area contributed by atoms with Gasteiger partial charge in [0.2, 0.25) is 0 Å². The number of nitrogens with zero attached hydrogens (tertiary/aromatic N) is 2. The molecule has 1 atom stereocenters. The van der Waals surface area contributed by atoms with E-state index in [2.05, 4.69) is 4.98 Å². The number of thiazole rings is 1. The summed E-state index contributed by atoms with van der Waals surface area (Å²) in [6, 6.07) is 9.32. The molecule has 0 saturated heterocycles. The molecular formula is C16H13ClN2OS. The van der Waals surface area contributed by atoms with Crippen LogP contribution < -0.4 is 0 Å². The Kier molecular flexibility index (Phi) is 4.89. The molecule has 0 radical (unpaired) electrons. The van der Waals surface area contributed by atoms with E-state index in [1.165, 1.54) is 17.4 Å². The number of aryl methyl sites for hydroxylation is 1. The van der Waals surface area contributed by atoms with Crippen molar-refractivity contribution in [3.63, 3.8) is 0 Å². The van der Waals surface area contributed by atoms with E-state index in [4.69, 9.17) is 11.6 Å². The highest BCUT2D eigenvalue weighted by Gasteiger charge is 2.21. The lowest BCUT2D eigenvalue weighted by molar-refractivity contribution is -0.114. The molecule has 5 heteroatoms. The molecule has 1 heterocycles. The summed E-state index contributed by atoms with van der Waals surface area (Å²) in [4.78, 5) is 16.5. The summed E-state index contributed by atoms with van der Waals surface area (Å²) in [5.41, 5.74) is 2.34. The molecule has 0 aliphatic rings. The van der Waals surface area contributed by atoms with Crippen molar-refractivity contribution in [2.45, 2.75) is 19.8 Å². The maximum absolute atomic E-state index is 12.3. The van der Waals surface area contributed by atoms with Crippen LogP contribution in [0.5, 0.6) is 0 Å². The van der Waals surface area contributed by atoms with Gasteiger partial charge in [-0.3, -0.25) is 4.79 Å². The largest absolute Gasteiger partial charge is 0.293 e. The average molecular weight is 317 g/mol. The van der Waals surface area contributed by atoms with Crippen molar-refractivity contribution in [1.29, 1.82) is 5.26 Å². The molecular weight excluding hydrogens is 304 g/mol. The lowest BCUT2D eigenvalue weighted by Crippen LogP contribution is -2.08. The fourth-order valence-corrected chi connectivity index (χ4v) is 3.03. The minimum absolute atomic E-state index is 0.274. The summed E-state index contributed by atoms with van der Waals surface area (Å²) in [6.45, 7) is 3.64. The van der Waals surface area contributed by atoms with Crippen LogP contribution in [-0.4, -0.2) is 10.8 Å². The van der Waals surface area contributed by atoms with E-state index < -0.39 is 5.92 Å². The molecule has 21 heavy (non-hydrogen) atoms. The Bertz CT molecular complexity index is 743. The maximum atomic E-state index is 12.3. The quantitative estimate of drug-likeness (QED) is 0.786. The van der Waals surface area contributed by atoms with E-state index in [1.807, 2.05) is 36.6 Å². The monoisotopic (exact) mass is 316 g/mol. The number of carbonyl (C=O) groups excluding carboxylic acids is 1. The SMILES string of the molecule is C/C(=C/C(=O)[C@@H](C#N)c1nc(C)cs1)c1ccccc1Cl. The van der Waals surface area contributed by atoms with Crippen molar-refractivity contribution < 1.29 is 4.79 Å². The van der Waals surface area contributed by atoms with Gasteiger partial charge in [0, 0.05) is 16.1 Å². The number of nitriles is 1. The molecule has 0 bridgehead atoms. The Morgan fingerprint density at radius 2 is 2.19 bits per heavy atom. The number of allylic oxidation sites excluding steroid dienone is 2. The number of benzene rings is 1. The van der Waals surface area contributed by atoms with Crippen LogP contribution in [0.4, 0.5) is 0 Å². The van der Waals surface area contributed by atoms with Crippen LogP contribution in [0.15, 0.2) is 35.7 Å². The summed E-state index contributed by atoms with van der Waals surface area (Å²) >= 11 is 7.44. The number of rotatable bonds is 4. The molecule has 0 saturated carbocycles. The van der Waals surface area contributed by atoms with Gasteiger partial charge in [-0.25, -0.2) is 4.98 Å². The van der Waals surface area contributed by atoms with Crippen LogP contribution in [0, 0.1) is 18.3 Å². The molecule has 3 nitrogen and oxygen atoms in total. The Morgan fingerprint density at radius 1 is 1.48 bits per heavy atom. The second kappa shape index (κ2) is 6.66.